The second kappa shape index (κ2) is 5.48. The predicted molar refractivity (Wildman–Crippen MR) is 65.9 cm³/mol. The first-order valence-electron chi connectivity index (χ1n) is 5.61. The van der Waals surface area contributed by atoms with Crippen molar-refractivity contribution in [2.24, 2.45) is 0 Å². The van der Waals surface area contributed by atoms with Gasteiger partial charge in [0.25, 0.3) is 0 Å². The second-order valence-electron chi connectivity index (χ2n) is 4.27. The fraction of sp³-hybridized carbons (Fsp3) is 0.500. The summed E-state index contributed by atoms with van der Waals surface area (Å²) in [4.78, 5) is 14.5. The highest BCUT2D eigenvalue weighted by molar-refractivity contribution is 7.10. The number of hydrogen-bond donors (Lipinski definition) is 1. The number of methoxy groups -OCH3 is 1. The molecular weight excluding hydrogens is 252 g/mol. The average Bonchev–Trinajstić information content (AvgIpc) is 2.95. The van der Waals surface area contributed by atoms with Crippen LogP contribution < -0.4 is 0 Å². The molecule has 0 bridgehead atoms. The van der Waals surface area contributed by atoms with Gasteiger partial charge in [-0.3, -0.25) is 9.69 Å². The zero-order chi connectivity index (χ0) is 13.1. The van der Waals surface area contributed by atoms with Crippen molar-refractivity contribution in [3.05, 3.63) is 21.9 Å². The number of thiophene rings is 1. The number of β-amino-alcohol motifs (C(OH)–C–C–N with tert-alkyl or cyclic N) is 1. The molecule has 0 aliphatic carbocycles. The summed E-state index contributed by atoms with van der Waals surface area (Å²) in [6.07, 6.45) is -0.0899. The molecule has 0 unspecified atom stereocenters. The Balaban J connectivity index is 2.07. The maximum Gasteiger partial charge on any atom is 0.323 e. The Labute approximate surface area is 109 Å². The Morgan fingerprint density at radius 1 is 1.78 bits per heavy atom. The third-order valence-electron chi connectivity index (χ3n) is 3.00. The minimum Gasteiger partial charge on any atom is -0.468 e. The van der Waals surface area contributed by atoms with Crippen LogP contribution in [0.1, 0.15) is 16.9 Å². The highest BCUT2D eigenvalue weighted by Gasteiger charge is 2.36. The summed E-state index contributed by atoms with van der Waals surface area (Å²) in [7, 11) is 1.35. The van der Waals surface area contributed by atoms with E-state index >= 15 is 0 Å². The first-order chi connectivity index (χ1) is 8.63. The molecule has 18 heavy (non-hydrogen) atoms. The smallest absolute Gasteiger partial charge is 0.323 e. The van der Waals surface area contributed by atoms with Gasteiger partial charge in [0.2, 0.25) is 0 Å². The van der Waals surface area contributed by atoms with E-state index in [1.165, 1.54) is 18.4 Å². The lowest BCUT2D eigenvalue weighted by molar-refractivity contribution is -0.146. The van der Waals surface area contributed by atoms with E-state index in [-0.39, 0.29) is 5.97 Å². The number of aliphatic hydroxyl groups excluding tert-OH is 1. The lowest BCUT2D eigenvalue weighted by Crippen LogP contribution is -2.36. The standard InChI is InChI=1S/C12H14N2O3S/c1-17-12(16)11-3-9(15)5-14(11)6-10-2-8(4-13)7-18-10/h2,7,9,11,15H,3,5-6H2,1H3/t9-,11+/m1/s1. The monoisotopic (exact) mass is 266 g/mol. The molecule has 0 radical (unpaired) electrons. The molecular formula is C12H14N2O3S. The number of nitrogens with zero attached hydrogens (tertiary/aromatic N) is 2. The van der Waals surface area contributed by atoms with Crippen molar-refractivity contribution in [1.29, 1.82) is 5.26 Å². The molecule has 2 heterocycles. The van der Waals surface area contributed by atoms with Gasteiger partial charge in [0.1, 0.15) is 12.1 Å². The number of ether oxygens (including phenoxy) is 1. The van der Waals surface area contributed by atoms with Crippen LogP contribution in [0.25, 0.3) is 0 Å². The fourth-order valence-electron chi connectivity index (χ4n) is 2.16. The number of carbonyl (C=O) groups excluding carboxylic acids is 1. The molecule has 1 aromatic heterocycles. The molecule has 5 nitrogen and oxygen atoms in total. The Morgan fingerprint density at radius 2 is 2.56 bits per heavy atom. The first kappa shape index (κ1) is 13.0. The van der Waals surface area contributed by atoms with Crippen molar-refractivity contribution in [3.63, 3.8) is 0 Å². The number of nitriles is 1. The van der Waals surface area contributed by atoms with Crippen molar-refractivity contribution < 1.29 is 14.6 Å². The van der Waals surface area contributed by atoms with Crippen molar-refractivity contribution >= 4 is 17.3 Å². The van der Waals surface area contributed by atoms with Crippen LogP contribution in [0.3, 0.4) is 0 Å². The van der Waals surface area contributed by atoms with E-state index in [0.717, 1.165) is 4.88 Å². The number of hydrogen-bond acceptors (Lipinski definition) is 6. The van der Waals surface area contributed by atoms with Crippen molar-refractivity contribution in [2.75, 3.05) is 13.7 Å². The quantitative estimate of drug-likeness (QED) is 0.816. The number of likely N-dealkylation sites (tertiary alicyclic amines) is 1. The minimum atomic E-state index is -0.496. The van der Waals surface area contributed by atoms with Gasteiger partial charge in [0, 0.05) is 29.8 Å². The molecule has 1 aliphatic heterocycles. The van der Waals surface area contributed by atoms with E-state index in [1.54, 1.807) is 5.38 Å². The zero-order valence-corrected chi connectivity index (χ0v) is 10.8. The van der Waals surface area contributed by atoms with Gasteiger partial charge in [-0.2, -0.15) is 5.26 Å². The Bertz CT molecular complexity index is 480. The maximum atomic E-state index is 11.6. The number of aliphatic hydroxyl groups is 1. The highest BCUT2D eigenvalue weighted by Crippen LogP contribution is 2.24. The Morgan fingerprint density at radius 3 is 3.17 bits per heavy atom. The zero-order valence-electron chi connectivity index (χ0n) is 10.00. The van der Waals surface area contributed by atoms with E-state index in [1.807, 2.05) is 11.0 Å². The SMILES string of the molecule is COC(=O)[C@@H]1C[C@@H](O)CN1Cc1cc(C#N)cs1. The van der Waals surface area contributed by atoms with Gasteiger partial charge in [0.05, 0.1) is 18.8 Å². The van der Waals surface area contributed by atoms with Crippen LogP contribution in [0.4, 0.5) is 0 Å². The molecule has 0 saturated carbocycles. The number of esters is 1. The Hall–Kier alpha value is -1.42. The van der Waals surface area contributed by atoms with Crippen LogP contribution >= 0.6 is 11.3 Å². The summed E-state index contributed by atoms with van der Waals surface area (Å²) in [6.45, 7) is 1.02. The third kappa shape index (κ3) is 2.70. The topological polar surface area (TPSA) is 73.6 Å². The third-order valence-corrected chi connectivity index (χ3v) is 3.92. The molecule has 2 atom stereocenters. The first-order valence-corrected chi connectivity index (χ1v) is 6.49. The van der Waals surface area contributed by atoms with Crippen LogP contribution in [0, 0.1) is 11.3 Å². The van der Waals surface area contributed by atoms with Gasteiger partial charge in [0.15, 0.2) is 0 Å². The van der Waals surface area contributed by atoms with Gasteiger partial charge in [-0.15, -0.1) is 11.3 Å². The average molecular weight is 266 g/mol. The maximum absolute atomic E-state index is 11.6. The van der Waals surface area contributed by atoms with Gasteiger partial charge in [-0.25, -0.2) is 0 Å². The van der Waals surface area contributed by atoms with Crippen LogP contribution in [-0.2, 0) is 16.1 Å². The van der Waals surface area contributed by atoms with Gasteiger partial charge in [-0.05, 0) is 6.07 Å². The number of rotatable bonds is 3. The summed E-state index contributed by atoms with van der Waals surface area (Å²) in [5, 5.41) is 20.2. The molecule has 2 rings (SSSR count). The van der Waals surface area contributed by atoms with Crippen molar-refractivity contribution in [1.82, 2.24) is 4.90 Å². The van der Waals surface area contributed by atoms with Crippen LogP contribution in [0.5, 0.6) is 0 Å². The van der Waals surface area contributed by atoms with E-state index < -0.39 is 12.1 Å². The highest BCUT2D eigenvalue weighted by atomic mass is 32.1. The molecule has 96 valence electrons. The molecule has 6 heteroatoms. The van der Waals surface area contributed by atoms with Crippen molar-refractivity contribution in [3.8, 4) is 6.07 Å². The minimum absolute atomic E-state index is 0.316. The fourth-order valence-corrected chi connectivity index (χ4v) is 2.99. The summed E-state index contributed by atoms with van der Waals surface area (Å²) >= 11 is 1.49. The van der Waals surface area contributed by atoms with Gasteiger partial charge in [-0.1, -0.05) is 0 Å². The predicted octanol–water partition coefficient (Wildman–Crippen LogP) is 0.728. The molecule has 1 aliphatic rings. The molecule has 0 spiro atoms. The molecule has 0 aromatic carbocycles. The number of carbonyl (C=O) groups is 1. The summed E-state index contributed by atoms with van der Waals surface area (Å²) < 4.78 is 4.74. The van der Waals surface area contributed by atoms with Crippen molar-refractivity contribution in [2.45, 2.75) is 25.1 Å². The second-order valence-corrected chi connectivity index (χ2v) is 5.27. The summed E-state index contributed by atoms with van der Waals surface area (Å²) in [6, 6.07) is 3.50. The largest absolute Gasteiger partial charge is 0.468 e. The molecule has 1 fully saturated rings. The van der Waals surface area contributed by atoms with Gasteiger partial charge >= 0.3 is 5.97 Å². The molecule has 1 N–H and O–H groups in total. The van der Waals surface area contributed by atoms with Crippen LogP contribution in [0.15, 0.2) is 11.4 Å². The van der Waals surface area contributed by atoms with E-state index in [4.69, 9.17) is 10.00 Å². The van der Waals surface area contributed by atoms with E-state index in [2.05, 4.69) is 6.07 Å². The van der Waals surface area contributed by atoms with E-state index in [0.29, 0.717) is 25.1 Å². The van der Waals surface area contributed by atoms with E-state index in [9.17, 15) is 9.90 Å². The lowest BCUT2D eigenvalue weighted by Gasteiger charge is -2.20. The normalized spacial score (nSPS) is 23.8. The lowest BCUT2D eigenvalue weighted by atomic mass is 10.2. The Kier molecular flexibility index (Phi) is 3.97. The summed E-state index contributed by atoms with van der Waals surface area (Å²) in [5.41, 5.74) is 0.629. The molecule has 1 aromatic rings. The molecule has 0 amide bonds. The molecule has 1 saturated heterocycles. The van der Waals surface area contributed by atoms with Gasteiger partial charge < -0.3 is 9.84 Å². The van der Waals surface area contributed by atoms with Crippen LogP contribution in [0.2, 0.25) is 0 Å². The summed E-state index contributed by atoms with van der Waals surface area (Å²) in [5.74, 6) is -0.316. The van der Waals surface area contributed by atoms with Crippen LogP contribution in [-0.4, -0.2) is 41.8 Å².